The SMILES string of the molecule is Cc1cc(CCCN(C)C)ccc1Br. The normalized spacial score (nSPS) is 10.9. The highest BCUT2D eigenvalue weighted by atomic mass is 79.9. The van der Waals surface area contributed by atoms with Gasteiger partial charge in [-0.15, -0.1) is 0 Å². The van der Waals surface area contributed by atoms with Gasteiger partial charge in [0.15, 0.2) is 0 Å². The number of benzene rings is 1. The molecule has 0 aromatic heterocycles. The van der Waals surface area contributed by atoms with Gasteiger partial charge in [0.05, 0.1) is 0 Å². The molecule has 1 nitrogen and oxygen atoms in total. The summed E-state index contributed by atoms with van der Waals surface area (Å²) in [5.74, 6) is 0. The van der Waals surface area contributed by atoms with Crippen LogP contribution in [0.1, 0.15) is 17.5 Å². The molecule has 78 valence electrons. The Morgan fingerprint density at radius 2 is 2.00 bits per heavy atom. The topological polar surface area (TPSA) is 3.24 Å². The van der Waals surface area contributed by atoms with Gasteiger partial charge in [0, 0.05) is 4.47 Å². The molecule has 0 aliphatic rings. The molecule has 0 aliphatic carbocycles. The Hall–Kier alpha value is -0.340. The van der Waals surface area contributed by atoms with E-state index in [-0.39, 0.29) is 0 Å². The van der Waals surface area contributed by atoms with Gasteiger partial charge >= 0.3 is 0 Å². The Kier molecular flexibility index (Phi) is 4.63. The number of rotatable bonds is 4. The molecule has 0 unspecified atom stereocenters. The van der Waals surface area contributed by atoms with Crippen molar-refractivity contribution in [2.45, 2.75) is 19.8 Å². The lowest BCUT2D eigenvalue weighted by Gasteiger charge is -2.09. The van der Waals surface area contributed by atoms with Crippen molar-refractivity contribution >= 4 is 15.9 Å². The van der Waals surface area contributed by atoms with Crippen molar-refractivity contribution in [3.05, 3.63) is 33.8 Å². The molecule has 0 amide bonds. The van der Waals surface area contributed by atoms with Crippen LogP contribution in [-0.2, 0) is 6.42 Å². The van der Waals surface area contributed by atoms with Crippen LogP contribution in [0.25, 0.3) is 0 Å². The van der Waals surface area contributed by atoms with Crippen LogP contribution in [-0.4, -0.2) is 25.5 Å². The van der Waals surface area contributed by atoms with E-state index < -0.39 is 0 Å². The van der Waals surface area contributed by atoms with E-state index in [1.165, 1.54) is 28.4 Å². The van der Waals surface area contributed by atoms with E-state index >= 15 is 0 Å². The predicted octanol–water partition coefficient (Wildman–Crippen LogP) is 3.25. The molecule has 0 fully saturated rings. The van der Waals surface area contributed by atoms with Crippen LogP contribution in [0.15, 0.2) is 22.7 Å². The van der Waals surface area contributed by atoms with E-state index in [9.17, 15) is 0 Å². The van der Waals surface area contributed by atoms with Crippen molar-refractivity contribution in [2.75, 3.05) is 20.6 Å². The molecule has 0 radical (unpaired) electrons. The molecule has 14 heavy (non-hydrogen) atoms. The molecule has 2 heteroatoms. The summed E-state index contributed by atoms with van der Waals surface area (Å²) in [4.78, 5) is 2.23. The molecule has 0 bridgehead atoms. The third-order valence-corrected chi connectivity index (χ3v) is 3.18. The molecule has 1 rings (SSSR count). The van der Waals surface area contributed by atoms with Crippen LogP contribution in [0.4, 0.5) is 0 Å². The van der Waals surface area contributed by atoms with E-state index in [1.807, 2.05) is 0 Å². The lowest BCUT2D eigenvalue weighted by atomic mass is 10.1. The van der Waals surface area contributed by atoms with E-state index in [2.05, 4.69) is 60.0 Å². The maximum atomic E-state index is 3.51. The molecule has 0 N–H and O–H groups in total. The van der Waals surface area contributed by atoms with Gasteiger partial charge in [-0.2, -0.15) is 0 Å². The summed E-state index contributed by atoms with van der Waals surface area (Å²) in [6.45, 7) is 3.30. The number of hydrogen-bond donors (Lipinski definition) is 0. The standard InChI is InChI=1S/C12H18BrN/c1-10-9-11(6-7-12(10)13)5-4-8-14(2)3/h6-7,9H,4-5,8H2,1-3H3. The van der Waals surface area contributed by atoms with E-state index in [0.717, 1.165) is 6.54 Å². The van der Waals surface area contributed by atoms with Gasteiger partial charge in [0.25, 0.3) is 0 Å². The van der Waals surface area contributed by atoms with Gasteiger partial charge in [-0.05, 0) is 57.6 Å². The average Bonchev–Trinajstić information content (AvgIpc) is 2.10. The second-order valence-electron chi connectivity index (χ2n) is 3.99. The van der Waals surface area contributed by atoms with Crippen molar-refractivity contribution < 1.29 is 0 Å². The minimum Gasteiger partial charge on any atom is -0.309 e. The molecule has 0 heterocycles. The van der Waals surface area contributed by atoms with Gasteiger partial charge < -0.3 is 4.90 Å². The maximum absolute atomic E-state index is 3.51. The Balaban J connectivity index is 2.47. The van der Waals surface area contributed by atoms with Crippen LogP contribution in [0.2, 0.25) is 0 Å². The minimum absolute atomic E-state index is 1.16. The maximum Gasteiger partial charge on any atom is 0.0204 e. The summed E-state index contributed by atoms with van der Waals surface area (Å²) in [5.41, 5.74) is 2.76. The average molecular weight is 256 g/mol. The van der Waals surface area contributed by atoms with Crippen molar-refractivity contribution in [3.8, 4) is 0 Å². The Labute approximate surface area is 95.2 Å². The second-order valence-corrected chi connectivity index (χ2v) is 4.84. The molecule has 0 spiro atoms. The largest absolute Gasteiger partial charge is 0.309 e. The number of halogens is 1. The van der Waals surface area contributed by atoms with Gasteiger partial charge in [-0.3, -0.25) is 0 Å². The fraction of sp³-hybridized carbons (Fsp3) is 0.500. The monoisotopic (exact) mass is 255 g/mol. The fourth-order valence-electron chi connectivity index (χ4n) is 1.46. The zero-order chi connectivity index (χ0) is 10.6. The first-order valence-corrected chi connectivity index (χ1v) is 5.78. The zero-order valence-corrected chi connectivity index (χ0v) is 10.8. The summed E-state index contributed by atoms with van der Waals surface area (Å²) in [7, 11) is 4.24. The highest BCUT2D eigenvalue weighted by Crippen LogP contribution is 2.17. The summed E-state index contributed by atoms with van der Waals surface area (Å²) >= 11 is 3.51. The number of nitrogens with zero attached hydrogens (tertiary/aromatic N) is 1. The van der Waals surface area contributed by atoms with E-state index in [1.54, 1.807) is 0 Å². The molecular formula is C12H18BrN. The van der Waals surface area contributed by atoms with Crippen molar-refractivity contribution in [1.29, 1.82) is 0 Å². The first-order chi connectivity index (χ1) is 6.59. The summed E-state index contributed by atoms with van der Waals surface area (Å²) in [5, 5.41) is 0. The lowest BCUT2D eigenvalue weighted by Crippen LogP contribution is -2.13. The summed E-state index contributed by atoms with van der Waals surface area (Å²) in [6.07, 6.45) is 2.40. The Bertz CT molecular complexity index is 294. The van der Waals surface area contributed by atoms with Gasteiger partial charge in [0.2, 0.25) is 0 Å². The number of hydrogen-bond acceptors (Lipinski definition) is 1. The van der Waals surface area contributed by atoms with E-state index in [4.69, 9.17) is 0 Å². The number of aryl methyl sites for hydroxylation is 2. The minimum atomic E-state index is 1.16. The first-order valence-electron chi connectivity index (χ1n) is 4.99. The van der Waals surface area contributed by atoms with Crippen LogP contribution in [0, 0.1) is 6.92 Å². The molecule has 1 aromatic carbocycles. The van der Waals surface area contributed by atoms with E-state index in [0.29, 0.717) is 0 Å². The van der Waals surface area contributed by atoms with Gasteiger partial charge in [-0.1, -0.05) is 28.1 Å². The Morgan fingerprint density at radius 1 is 1.29 bits per heavy atom. The van der Waals surface area contributed by atoms with Crippen molar-refractivity contribution in [2.24, 2.45) is 0 Å². The molecular weight excluding hydrogens is 238 g/mol. The smallest absolute Gasteiger partial charge is 0.0204 e. The Morgan fingerprint density at radius 3 is 2.57 bits per heavy atom. The lowest BCUT2D eigenvalue weighted by molar-refractivity contribution is 0.400. The van der Waals surface area contributed by atoms with Gasteiger partial charge in [-0.25, -0.2) is 0 Å². The summed E-state index contributed by atoms with van der Waals surface area (Å²) in [6, 6.07) is 6.60. The molecule has 1 aromatic rings. The van der Waals surface area contributed by atoms with Gasteiger partial charge in [0.1, 0.15) is 0 Å². The van der Waals surface area contributed by atoms with Crippen LogP contribution in [0.5, 0.6) is 0 Å². The fourth-order valence-corrected chi connectivity index (χ4v) is 1.71. The van der Waals surface area contributed by atoms with Crippen molar-refractivity contribution in [3.63, 3.8) is 0 Å². The quantitative estimate of drug-likeness (QED) is 0.799. The third kappa shape index (κ3) is 3.81. The van der Waals surface area contributed by atoms with Crippen molar-refractivity contribution in [1.82, 2.24) is 4.90 Å². The van der Waals surface area contributed by atoms with Crippen LogP contribution < -0.4 is 0 Å². The van der Waals surface area contributed by atoms with Crippen LogP contribution in [0.3, 0.4) is 0 Å². The summed E-state index contributed by atoms with van der Waals surface area (Å²) < 4.78 is 1.20. The molecule has 0 saturated carbocycles. The predicted molar refractivity (Wildman–Crippen MR) is 65.8 cm³/mol. The second kappa shape index (κ2) is 5.52. The zero-order valence-electron chi connectivity index (χ0n) is 9.18. The highest BCUT2D eigenvalue weighted by molar-refractivity contribution is 9.10. The first kappa shape index (κ1) is 11.7. The van der Waals surface area contributed by atoms with Crippen LogP contribution >= 0.6 is 15.9 Å². The third-order valence-electron chi connectivity index (χ3n) is 2.29. The molecule has 0 aliphatic heterocycles. The molecule has 0 atom stereocenters. The highest BCUT2D eigenvalue weighted by Gasteiger charge is 1.98. The molecule has 0 saturated heterocycles.